The van der Waals surface area contributed by atoms with Gasteiger partial charge in [-0.3, -0.25) is 9.69 Å². The summed E-state index contributed by atoms with van der Waals surface area (Å²) in [5.41, 5.74) is 1.02. The van der Waals surface area contributed by atoms with Gasteiger partial charge in [-0.05, 0) is 69.9 Å². The van der Waals surface area contributed by atoms with E-state index in [4.69, 9.17) is 14.5 Å². The maximum absolute atomic E-state index is 13.7. The number of anilines is 1. The van der Waals surface area contributed by atoms with E-state index in [0.29, 0.717) is 40.8 Å². The van der Waals surface area contributed by atoms with Gasteiger partial charge in [0.15, 0.2) is 5.13 Å². The Morgan fingerprint density at radius 3 is 2.13 bits per heavy atom. The van der Waals surface area contributed by atoms with Crippen molar-refractivity contribution in [2.45, 2.75) is 31.1 Å². The third-order valence-corrected chi connectivity index (χ3v) is 8.96. The van der Waals surface area contributed by atoms with Crippen LogP contribution in [0.5, 0.6) is 11.5 Å². The minimum atomic E-state index is -3.62. The average Bonchev–Trinajstić information content (AvgIpc) is 3.33. The third kappa shape index (κ3) is 7.15. The first-order valence-electron chi connectivity index (χ1n) is 12.2. The molecule has 0 saturated heterocycles. The Kier molecular flexibility index (Phi) is 11.8. The van der Waals surface area contributed by atoms with Gasteiger partial charge in [0, 0.05) is 25.7 Å². The number of hydrogen-bond donors (Lipinski definition) is 0. The molecular formula is C26H37ClN4O5S2. The quantitative estimate of drug-likeness (QED) is 0.286. The fraction of sp³-hybridized carbons (Fsp3) is 0.462. The highest BCUT2D eigenvalue weighted by Crippen LogP contribution is 2.40. The molecule has 0 radical (unpaired) electrons. The molecule has 1 heterocycles. The average molecular weight is 585 g/mol. The van der Waals surface area contributed by atoms with Crippen LogP contribution in [-0.2, 0) is 10.0 Å². The van der Waals surface area contributed by atoms with Crippen molar-refractivity contribution in [1.29, 1.82) is 0 Å². The van der Waals surface area contributed by atoms with Crippen LogP contribution in [-0.4, -0.2) is 83.5 Å². The van der Waals surface area contributed by atoms with Gasteiger partial charge in [0.05, 0.1) is 19.1 Å². The molecule has 0 fully saturated rings. The number of ether oxygens (including phenoxy) is 2. The number of rotatable bonds is 13. The highest BCUT2D eigenvalue weighted by atomic mass is 35.5. The number of nitrogens with zero attached hydrogens (tertiary/aromatic N) is 4. The Labute approximate surface area is 235 Å². The molecule has 12 heteroatoms. The Bertz CT molecular complexity index is 1270. The summed E-state index contributed by atoms with van der Waals surface area (Å²) in [7, 11) is 5.09. The molecule has 0 spiro atoms. The monoisotopic (exact) mass is 584 g/mol. The largest absolute Gasteiger partial charge is 0.495 e. The van der Waals surface area contributed by atoms with Crippen molar-refractivity contribution in [2.75, 3.05) is 59.9 Å². The van der Waals surface area contributed by atoms with Crippen LogP contribution in [0.4, 0.5) is 5.13 Å². The van der Waals surface area contributed by atoms with Gasteiger partial charge in [-0.1, -0.05) is 24.7 Å². The number of benzene rings is 2. The lowest BCUT2D eigenvalue weighted by atomic mass is 10.2. The second-order valence-electron chi connectivity index (χ2n) is 8.96. The topological polar surface area (TPSA) is 92.3 Å². The van der Waals surface area contributed by atoms with Crippen LogP contribution in [0.1, 0.15) is 36.5 Å². The molecule has 3 rings (SSSR count). The van der Waals surface area contributed by atoms with Crippen LogP contribution in [0, 0.1) is 0 Å². The van der Waals surface area contributed by atoms with Crippen molar-refractivity contribution in [1.82, 2.24) is 14.2 Å². The normalized spacial score (nSPS) is 11.6. The lowest BCUT2D eigenvalue weighted by molar-refractivity contribution is 0.0986. The van der Waals surface area contributed by atoms with Crippen molar-refractivity contribution >= 4 is 55.0 Å². The molecule has 0 aliphatic rings. The highest BCUT2D eigenvalue weighted by Gasteiger charge is 2.25. The lowest BCUT2D eigenvalue weighted by Crippen LogP contribution is -2.33. The van der Waals surface area contributed by atoms with Crippen LogP contribution in [0.3, 0.4) is 0 Å². The number of hydrogen-bond acceptors (Lipinski definition) is 8. The summed E-state index contributed by atoms with van der Waals surface area (Å²) in [6.45, 7) is 3.70. The molecule has 0 N–H and O–H groups in total. The van der Waals surface area contributed by atoms with Crippen LogP contribution in [0.15, 0.2) is 41.3 Å². The number of fused-ring (bicyclic) bond motifs is 1. The van der Waals surface area contributed by atoms with E-state index in [1.165, 1.54) is 27.8 Å². The predicted octanol–water partition coefficient (Wildman–Crippen LogP) is 4.75. The molecule has 0 unspecified atom stereocenters. The maximum Gasteiger partial charge on any atom is 0.260 e. The van der Waals surface area contributed by atoms with E-state index in [0.717, 1.165) is 30.5 Å². The zero-order valence-corrected chi connectivity index (χ0v) is 25.2. The molecule has 0 saturated carbocycles. The van der Waals surface area contributed by atoms with Gasteiger partial charge < -0.3 is 14.4 Å². The standard InChI is InChI=1S/C26H36N4O5S2.ClH/c1-7-8-17-29(4)37(32,33)20-12-10-19(11-13-20)25(31)30(18-9-16-28(2)3)26-27-23-21(34-5)14-15-22(35-6)24(23)36-26;/h10-15H,7-9,16-18H2,1-6H3;1H. The molecule has 1 amide bonds. The molecule has 0 bridgehead atoms. The highest BCUT2D eigenvalue weighted by molar-refractivity contribution is 7.89. The minimum Gasteiger partial charge on any atom is -0.495 e. The molecule has 0 aliphatic carbocycles. The molecule has 0 aliphatic heterocycles. The molecule has 210 valence electrons. The summed E-state index contributed by atoms with van der Waals surface area (Å²) in [6.07, 6.45) is 2.42. The number of unbranched alkanes of at least 4 members (excludes halogenated alkanes) is 1. The van der Waals surface area contributed by atoms with Crippen molar-refractivity contribution in [3.05, 3.63) is 42.0 Å². The summed E-state index contributed by atoms with van der Waals surface area (Å²) in [5.74, 6) is 1.00. The zero-order valence-electron chi connectivity index (χ0n) is 22.8. The van der Waals surface area contributed by atoms with Gasteiger partial charge in [-0.2, -0.15) is 0 Å². The summed E-state index contributed by atoms with van der Waals surface area (Å²) in [4.78, 5) is 22.3. The summed E-state index contributed by atoms with van der Waals surface area (Å²) >= 11 is 1.36. The number of halogens is 1. The van der Waals surface area contributed by atoms with Crippen LogP contribution in [0.25, 0.3) is 10.2 Å². The van der Waals surface area contributed by atoms with Gasteiger partial charge in [0.1, 0.15) is 21.7 Å². The molecule has 2 aromatic carbocycles. The zero-order chi connectivity index (χ0) is 27.2. The Balaban J connectivity index is 0.00000507. The third-order valence-electron chi connectivity index (χ3n) is 6.00. The molecule has 0 atom stereocenters. The second kappa shape index (κ2) is 14.1. The van der Waals surface area contributed by atoms with E-state index < -0.39 is 10.0 Å². The van der Waals surface area contributed by atoms with E-state index in [-0.39, 0.29) is 23.2 Å². The van der Waals surface area contributed by atoms with Gasteiger partial charge in [0.25, 0.3) is 5.91 Å². The fourth-order valence-corrected chi connectivity index (χ4v) is 6.13. The number of amides is 1. The van der Waals surface area contributed by atoms with Crippen molar-refractivity contribution in [3.8, 4) is 11.5 Å². The summed E-state index contributed by atoms with van der Waals surface area (Å²) in [5, 5.41) is 0.526. The lowest BCUT2D eigenvalue weighted by Gasteiger charge is -2.21. The molecule has 9 nitrogen and oxygen atoms in total. The van der Waals surface area contributed by atoms with E-state index >= 15 is 0 Å². The SMILES string of the molecule is CCCCN(C)S(=O)(=O)c1ccc(C(=O)N(CCCN(C)C)c2nc3c(OC)ccc(OC)c3s2)cc1.Cl. The van der Waals surface area contributed by atoms with Gasteiger partial charge in [0.2, 0.25) is 10.0 Å². The van der Waals surface area contributed by atoms with Gasteiger partial charge in [-0.25, -0.2) is 17.7 Å². The number of methoxy groups -OCH3 is 2. The maximum atomic E-state index is 13.7. The van der Waals surface area contributed by atoms with Crippen LogP contribution >= 0.6 is 23.7 Å². The number of carbonyl (C=O) groups excluding carboxylic acids is 1. The number of aromatic nitrogens is 1. The van der Waals surface area contributed by atoms with Gasteiger partial charge in [-0.15, -0.1) is 12.4 Å². The summed E-state index contributed by atoms with van der Waals surface area (Å²) < 4.78 is 38.9. The van der Waals surface area contributed by atoms with E-state index in [1.807, 2.05) is 27.1 Å². The van der Waals surface area contributed by atoms with Crippen LogP contribution < -0.4 is 14.4 Å². The number of sulfonamides is 1. The van der Waals surface area contributed by atoms with E-state index in [2.05, 4.69) is 4.90 Å². The first-order chi connectivity index (χ1) is 17.6. The second-order valence-corrected chi connectivity index (χ2v) is 12.0. The van der Waals surface area contributed by atoms with Crippen LogP contribution in [0.2, 0.25) is 0 Å². The smallest absolute Gasteiger partial charge is 0.260 e. The molecule has 38 heavy (non-hydrogen) atoms. The summed E-state index contributed by atoms with van der Waals surface area (Å²) in [6, 6.07) is 9.73. The van der Waals surface area contributed by atoms with E-state index in [1.54, 1.807) is 44.4 Å². The predicted molar refractivity (Wildman–Crippen MR) is 156 cm³/mol. The molecule has 3 aromatic rings. The fourth-order valence-electron chi connectivity index (χ4n) is 3.83. The first kappa shape index (κ1) is 31.8. The van der Waals surface area contributed by atoms with Gasteiger partial charge >= 0.3 is 0 Å². The van der Waals surface area contributed by atoms with Crippen molar-refractivity contribution in [3.63, 3.8) is 0 Å². The Morgan fingerprint density at radius 1 is 0.921 bits per heavy atom. The number of thiazole rings is 1. The number of carbonyl (C=O) groups is 1. The molecule has 1 aromatic heterocycles. The Morgan fingerprint density at radius 2 is 1.55 bits per heavy atom. The van der Waals surface area contributed by atoms with Crippen molar-refractivity contribution < 1.29 is 22.7 Å². The molecular weight excluding hydrogens is 548 g/mol. The Hall–Kier alpha value is -2.44. The van der Waals surface area contributed by atoms with E-state index in [9.17, 15) is 13.2 Å². The first-order valence-corrected chi connectivity index (χ1v) is 14.4. The minimum absolute atomic E-state index is 0. The van der Waals surface area contributed by atoms with Crippen molar-refractivity contribution in [2.24, 2.45) is 0 Å².